The number of allylic oxidation sites excluding steroid dienone is 1. The zero-order valence-electron chi connectivity index (χ0n) is 16.3. The number of hydrogen-bond donors (Lipinski definition) is 3. The molecule has 0 saturated heterocycles. The first kappa shape index (κ1) is 20.0. The Kier molecular flexibility index (Phi) is 5.58. The molecule has 1 aromatic heterocycles. The second kappa shape index (κ2) is 8.09. The molecule has 1 atom stereocenters. The average molecular weight is 399 g/mol. The van der Waals surface area contributed by atoms with Crippen molar-refractivity contribution in [3.8, 4) is 11.5 Å². The highest BCUT2D eigenvalue weighted by molar-refractivity contribution is 5.94. The van der Waals surface area contributed by atoms with Crippen LogP contribution in [0.1, 0.15) is 24.0 Å². The number of hydrogen-bond acceptors (Lipinski definition) is 7. The van der Waals surface area contributed by atoms with Gasteiger partial charge >= 0.3 is 11.7 Å². The van der Waals surface area contributed by atoms with E-state index in [4.69, 9.17) is 14.2 Å². The molecular formula is C20H21N3O6. The number of rotatable bonds is 6. The number of ether oxygens (including phenoxy) is 3. The van der Waals surface area contributed by atoms with Gasteiger partial charge in [-0.05, 0) is 13.0 Å². The molecular weight excluding hydrogens is 378 g/mol. The van der Waals surface area contributed by atoms with Crippen molar-refractivity contribution < 1.29 is 19.0 Å². The van der Waals surface area contributed by atoms with Gasteiger partial charge in [-0.2, -0.15) is 0 Å². The summed E-state index contributed by atoms with van der Waals surface area (Å²) in [7, 11) is 2.95. The molecule has 1 aliphatic heterocycles. The van der Waals surface area contributed by atoms with Crippen molar-refractivity contribution in [1.29, 1.82) is 0 Å². The molecule has 0 bridgehead atoms. The summed E-state index contributed by atoms with van der Waals surface area (Å²) in [5.74, 6) is -0.496. The first-order valence-electron chi connectivity index (χ1n) is 8.76. The Morgan fingerprint density at radius 1 is 1.21 bits per heavy atom. The molecule has 152 valence electrons. The fraction of sp³-hybridized carbons (Fsp3) is 0.250. The number of anilines is 1. The zero-order chi connectivity index (χ0) is 21.1. The predicted molar refractivity (Wildman–Crippen MR) is 107 cm³/mol. The Morgan fingerprint density at radius 3 is 2.62 bits per heavy atom. The molecule has 0 aliphatic carbocycles. The number of esters is 1. The Morgan fingerprint density at radius 2 is 1.97 bits per heavy atom. The molecule has 0 amide bonds. The molecule has 0 fully saturated rings. The van der Waals surface area contributed by atoms with Crippen molar-refractivity contribution in [3.63, 3.8) is 0 Å². The molecule has 3 rings (SSSR count). The molecule has 0 unspecified atom stereocenters. The Balaban J connectivity index is 2.33. The summed E-state index contributed by atoms with van der Waals surface area (Å²) in [5.41, 5.74) is 0.0197. The number of H-pyrrole nitrogens is 2. The quantitative estimate of drug-likeness (QED) is 0.498. The highest BCUT2D eigenvalue weighted by Crippen LogP contribution is 2.45. The lowest BCUT2D eigenvalue weighted by Crippen LogP contribution is -2.35. The van der Waals surface area contributed by atoms with E-state index in [1.165, 1.54) is 20.3 Å². The van der Waals surface area contributed by atoms with Crippen molar-refractivity contribution in [3.05, 3.63) is 74.1 Å². The second-order valence-corrected chi connectivity index (χ2v) is 6.26. The normalized spacial score (nSPS) is 15.2. The predicted octanol–water partition coefficient (Wildman–Crippen LogP) is 1.64. The van der Waals surface area contributed by atoms with E-state index in [1.54, 1.807) is 25.1 Å². The number of aromatic amines is 2. The molecule has 2 heterocycles. The fourth-order valence-electron chi connectivity index (χ4n) is 3.42. The van der Waals surface area contributed by atoms with E-state index < -0.39 is 23.1 Å². The van der Waals surface area contributed by atoms with Gasteiger partial charge in [0.2, 0.25) is 0 Å². The van der Waals surface area contributed by atoms with E-state index >= 15 is 0 Å². The van der Waals surface area contributed by atoms with Gasteiger partial charge < -0.3 is 19.5 Å². The van der Waals surface area contributed by atoms with E-state index in [1.807, 2.05) is 0 Å². The number of fused-ring (bicyclic) bond motifs is 1. The molecule has 0 radical (unpaired) electrons. The van der Waals surface area contributed by atoms with E-state index in [9.17, 15) is 14.4 Å². The minimum absolute atomic E-state index is 0.00637. The third-order valence-electron chi connectivity index (χ3n) is 4.57. The van der Waals surface area contributed by atoms with Gasteiger partial charge in [-0.3, -0.25) is 14.8 Å². The van der Waals surface area contributed by atoms with Crippen LogP contribution in [0.2, 0.25) is 0 Å². The third-order valence-corrected chi connectivity index (χ3v) is 4.57. The van der Waals surface area contributed by atoms with Crippen LogP contribution in [-0.4, -0.2) is 36.8 Å². The maximum absolute atomic E-state index is 12.9. The van der Waals surface area contributed by atoms with Crippen LogP contribution < -0.4 is 26.0 Å². The van der Waals surface area contributed by atoms with Crippen LogP contribution in [0.15, 0.2) is 51.7 Å². The lowest BCUT2D eigenvalue weighted by Gasteiger charge is -2.29. The molecule has 1 aliphatic rings. The number of para-hydroxylation sites is 1. The standard InChI is InChI=1S/C20H21N3O6/c1-5-9-29-19(25)13-10(2)21-17-15(18(24)23-20(26)22-17)14(13)11-7-6-8-12(27-3)16(11)28-4/h5-8,14H,1,9H2,2-4H3,(H3,21,22,23,24,26)/t14-/m0/s1. The summed E-state index contributed by atoms with van der Waals surface area (Å²) in [5, 5.41) is 2.92. The van der Waals surface area contributed by atoms with Crippen molar-refractivity contribution in [1.82, 2.24) is 9.97 Å². The number of aromatic nitrogens is 2. The fourth-order valence-corrected chi connectivity index (χ4v) is 3.42. The minimum atomic E-state index is -0.866. The van der Waals surface area contributed by atoms with Gasteiger partial charge in [0, 0.05) is 11.3 Å². The Labute approximate surface area is 166 Å². The van der Waals surface area contributed by atoms with Crippen LogP contribution in [0, 0.1) is 0 Å². The smallest absolute Gasteiger partial charge is 0.337 e. The summed E-state index contributed by atoms with van der Waals surface area (Å²) < 4.78 is 16.1. The van der Waals surface area contributed by atoms with Gasteiger partial charge in [0.15, 0.2) is 11.5 Å². The number of nitrogens with one attached hydrogen (secondary N) is 3. The van der Waals surface area contributed by atoms with Crippen LogP contribution in [0.4, 0.5) is 5.82 Å². The molecule has 0 saturated carbocycles. The molecule has 3 N–H and O–H groups in total. The first-order valence-corrected chi connectivity index (χ1v) is 8.76. The SMILES string of the molecule is C=CCOC(=O)C1=C(C)Nc2[nH]c(=O)[nH]c(=O)c2[C@H]1c1cccc(OC)c1OC. The average Bonchev–Trinajstić information content (AvgIpc) is 2.69. The lowest BCUT2D eigenvalue weighted by atomic mass is 9.81. The Bertz CT molecular complexity index is 1110. The van der Waals surface area contributed by atoms with Crippen LogP contribution in [0.5, 0.6) is 11.5 Å². The van der Waals surface area contributed by atoms with Crippen molar-refractivity contribution >= 4 is 11.8 Å². The largest absolute Gasteiger partial charge is 0.493 e. The van der Waals surface area contributed by atoms with Crippen molar-refractivity contribution in [2.75, 3.05) is 26.1 Å². The highest BCUT2D eigenvalue weighted by Gasteiger charge is 2.38. The van der Waals surface area contributed by atoms with Crippen LogP contribution in [0.25, 0.3) is 0 Å². The molecule has 1 aromatic carbocycles. The number of methoxy groups -OCH3 is 2. The molecule has 9 nitrogen and oxygen atoms in total. The van der Waals surface area contributed by atoms with Gasteiger partial charge in [-0.1, -0.05) is 24.8 Å². The van der Waals surface area contributed by atoms with Gasteiger partial charge in [0.1, 0.15) is 12.4 Å². The maximum atomic E-state index is 12.9. The van der Waals surface area contributed by atoms with E-state index in [-0.39, 0.29) is 23.6 Å². The monoisotopic (exact) mass is 399 g/mol. The van der Waals surface area contributed by atoms with Gasteiger partial charge in [0.05, 0.1) is 31.3 Å². The minimum Gasteiger partial charge on any atom is -0.493 e. The van der Waals surface area contributed by atoms with Crippen LogP contribution >= 0.6 is 0 Å². The molecule has 2 aromatic rings. The summed E-state index contributed by atoms with van der Waals surface area (Å²) in [6.45, 7) is 5.21. The topological polar surface area (TPSA) is 123 Å². The number of benzene rings is 1. The summed E-state index contributed by atoms with van der Waals surface area (Å²) in [6.07, 6.45) is 1.45. The van der Waals surface area contributed by atoms with E-state index in [2.05, 4.69) is 21.9 Å². The van der Waals surface area contributed by atoms with Crippen LogP contribution in [0.3, 0.4) is 0 Å². The second-order valence-electron chi connectivity index (χ2n) is 6.26. The maximum Gasteiger partial charge on any atom is 0.337 e. The highest BCUT2D eigenvalue weighted by atomic mass is 16.5. The first-order chi connectivity index (χ1) is 13.9. The molecule has 0 spiro atoms. The molecule has 9 heteroatoms. The Hall–Kier alpha value is -3.75. The van der Waals surface area contributed by atoms with Crippen molar-refractivity contribution in [2.24, 2.45) is 0 Å². The summed E-state index contributed by atoms with van der Waals surface area (Å²) in [6, 6.07) is 5.15. The number of carbonyl (C=O) groups is 1. The number of carbonyl (C=O) groups excluding carboxylic acids is 1. The van der Waals surface area contributed by atoms with Gasteiger partial charge in [-0.15, -0.1) is 0 Å². The third kappa shape index (κ3) is 3.54. The van der Waals surface area contributed by atoms with Crippen LogP contribution in [-0.2, 0) is 9.53 Å². The summed E-state index contributed by atoms with van der Waals surface area (Å²) >= 11 is 0. The van der Waals surface area contributed by atoms with Gasteiger partial charge in [-0.25, -0.2) is 9.59 Å². The molecule has 29 heavy (non-hydrogen) atoms. The van der Waals surface area contributed by atoms with E-state index in [0.29, 0.717) is 22.8 Å². The zero-order valence-corrected chi connectivity index (χ0v) is 16.3. The van der Waals surface area contributed by atoms with Gasteiger partial charge in [0.25, 0.3) is 5.56 Å². The summed E-state index contributed by atoms with van der Waals surface area (Å²) in [4.78, 5) is 42.2. The van der Waals surface area contributed by atoms with E-state index in [0.717, 1.165) is 0 Å². The lowest BCUT2D eigenvalue weighted by molar-refractivity contribution is -0.138. The van der Waals surface area contributed by atoms with Crippen molar-refractivity contribution in [2.45, 2.75) is 12.8 Å².